The number of ketones is 1. The van der Waals surface area contributed by atoms with Crippen LogP contribution in [0.15, 0.2) is 30.3 Å². The van der Waals surface area contributed by atoms with E-state index < -0.39 is 12.0 Å². The van der Waals surface area contributed by atoms with Crippen molar-refractivity contribution in [2.75, 3.05) is 27.9 Å². The fraction of sp³-hybridized carbons (Fsp3) is 0.333. The standard InChI is InChI=1S/C21H24N2O6/c1-11-7-12(5-6-14(11)21(25)26)20-22-10-15(23-20)18(24)13-8-16(27-2)19(29-4)17(9-13)28-3/h5-9,15,20,22-23H,10H2,1-4H3,(H,25,26). The molecule has 3 rings (SSSR count). The van der Waals surface area contributed by atoms with Crippen LogP contribution in [0, 0.1) is 6.92 Å². The van der Waals surface area contributed by atoms with Crippen molar-refractivity contribution >= 4 is 11.8 Å². The van der Waals surface area contributed by atoms with Gasteiger partial charge in [0.1, 0.15) is 0 Å². The zero-order valence-electron chi connectivity index (χ0n) is 16.7. The van der Waals surface area contributed by atoms with Crippen LogP contribution in [0.4, 0.5) is 0 Å². The number of carboxylic acids is 1. The van der Waals surface area contributed by atoms with Crippen molar-refractivity contribution in [3.63, 3.8) is 0 Å². The number of aryl methyl sites for hydroxylation is 1. The Labute approximate surface area is 168 Å². The van der Waals surface area contributed by atoms with Crippen LogP contribution < -0.4 is 24.8 Å². The van der Waals surface area contributed by atoms with Crippen molar-refractivity contribution in [2.45, 2.75) is 19.1 Å². The minimum absolute atomic E-state index is 0.113. The number of ether oxygens (including phenoxy) is 3. The van der Waals surface area contributed by atoms with Crippen molar-refractivity contribution in [1.29, 1.82) is 0 Å². The molecule has 0 saturated carbocycles. The predicted octanol–water partition coefficient (Wildman–Crippen LogP) is 2.16. The van der Waals surface area contributed by atoms with Crippen molar-refractivity contribution in [3.8, 4) is 17.2 Å². The molecule has 1 heterocycles. The molecule has 1 aliphatic rings. The average Bonchev–Trinajstić information content (AvgIpc) is 3.21. The smallest absolute Gasteiger partial charge is 0.335 e. The molecule has 8 nitrogen and oxygen atoms in total. The maximum atomic E-state index is 13.0. The molecule has 2 unspecified atom stereocenters. The highest BCUT2D eigenvalue weighted by atomic mass is 16.5. The Kier molecular flexibility index (Phi) is 6.05. The number of carbonyl (C=O) groups is 2. The number of carboxylic acid groups (broad SMARTS) is 1. The van der Waals surface area contributed by atoms with Crippen LogP contribution in [0.3, 0.4) is 0 Å². The Morgan fingerprint density at radius 2 is 1.69 bits per heavy atom. The molecule has 1 saturated heterocycles. The van der Waals surface area contributed by atoms with E-state index in [2.05, 4.69) is 10.6 Å². The van der Waals surface area contributed by atoms with Gasteiger partial charge in [0, 0.05) is 12.1 Å². The number of Topliss-reactive ketones (excluding diaryl/α,β-unsaturated/α-hetero) is 1. The fourth-order valence-corrected chi connectivity index (χ4v) is 3.47. The third kappa shape index (κ3) is 4.03. The van der Waals surface area contributed by atoms with E-state index in [0.717, 1.165) is 5.56 Å². The normalized spacial score (nSPS) is 18.3. The zero-order valence-corrected chi connectivity index (χ0v) is 16.7. The highest BCUT2D eigenvalue weighted by Crippen LogP contribution is 2.38. The van der Waals surface area contributed by atoms with Gasteiger partial charge in [0.25, 0.3) is 0 Å². The number of carbonyl (C=O) groups excluding carboxylic acids is 1. The molecule has 2 atom stereocenters. The number of rotatable bonds is 7. The Morgan fingerprint density at radius 3 is 2.21 bits per heavy atom. The van der Waals surface area contributed by atoms with E-state index in [9.17, 15) is 14.7 Å². The van der Waals surface area contributed by atoms with Gasteiger partial charge in [-0.1, -0.05) is 12.1 Å². The number of nitrogens with one attached hydrogen (secondary N) is 2. The molecule has 3 N–H and O–H groups in total. The van der Waals surface area contributed by atoms with Gasteiger partial charge in [0.2, 0.25) is 5.75 Å². The van der Waals surface area contributed by atoms with Crippen molar-refractivity contribution in [2.24, 2.45) is 0 Å². The number of benzene rings is 2. The van der Waals surface area contributed by atoms with Crippen LogP contribution in [-0.2, 0) is 0 Å². The van der Waals surface area contributed by atoms with Crippen molar-refractivity contribution < 1.29 is 28.9 Å². The second kappa shape index (κ2) is 8.50. The van der Waals surface area contributed by atoms with Crippen molar-refractivity contribution in [1.82, 2.24) is 10.6 Å². The van der Waals surface area contributed by atoms with Gasteiger partial charge >= 0.3 is 5.97 Å². The van der Waals surface area contributed by atoms with E-state index in [1.807, 2.05) is 0 Å². The maximum absolute atomic E-state index is 13.0. The highest BCUT2D eigenvalue weighted by molar-refractivity contribution is 6.01. The summed E-state index contributed by atoms with van der Waals surface area (Å²) in [4.78, 5) is 24.2. The SMILES string of the molecule is COc1cc(C(=O)C2CNC(c3ccc(C(=O)O)c(C)c3)N2)cc(OC)c1OC. The van der Waals surface area contributed by atoms with Crippen LogP contribution in [0.5, 0.6) is 17.2 Å². The van der Waals surface area contributed by atoms with Crippen LogP contribution in [-0.4, -0.2) is 50.8 Å². The Hall–Kier alpha value is -3.10. The van der Waals surface area contributed by atoms with Gasteiger partial charge in [-0.3, -0.25) is 15.4 Å². The molecule has 2 aromatic rings. The quantitative estimate of drug-likeness (QED) is 0.607. The molecule has 1 fully saturated rings. The lowest BCUT2D eigenvalue weighted by Crippen LogP contribution is -2.34. The van der Waals surface area contributed by atoms with E-state index >= 15 is 0 Å². The molecule has 0 radical (unpaired) electrons. The van der Waals surface area contributed by atoms with Crippen LogP contribution in [0.1, 0.15) is 38.0 Å². The van der Waals surface area contributed by atoms with E-state index in [4.69, 9.17) is 14.2 Å². The van der Waals surface area contributed by atoms with Crippen LogP contribution in [0.2, 0.25) is 0 Å². The second-order valence-corrected chi connectivity index (χ2v) is 6.72. The first kappa shape index (κ1) is 20.6. The minimum Gasteiger partial charge on any atom is -0.493 e. The Bertz CT molecular complexity index is 918. The monoisotopic (exact) mass is 400 g/mol. The number of hydrogen-bond donors (Lipinski definition) is 3. The van der Waals surface area contributed by atoms with Gasteiger partial charge in [0.15, 0.2) is 17.3 Å². The molecular formula is C21H24N2O6. The van der Waals surface area contributed by atoms with Gasteiger partial charge in [0.05, 0.1) is 39.1 Å². The van der Waals surface area contributed by atoms with Crippen LogP contribution >= 0.6 is 0 Å². The molecule has 2 aromatic carbocycles. The van der Waals surface area contributed by atoms with E-state index in [1.165, 1.54) is 21.3 Å². The number of aromatic carboxylic acids is 1. The molecule has 29 heavy (non-hydrogen) atoms. The number of hydrogen-bond acceptors (Lipinski definition) is 7. The molecule has 0 spiro atoms. The lowest BCUT2D eigenvalue weighted by molar-refractivity contribution is 0.0696. The summed E-state index contributed by atoms with van der Waals surface area (Å²) in [5.41, 5.74) is 2.24. The summed E-state index contributed by atoms with van der Waals surface area (Å²) in [5, 5.41) is 15.7. The molecular weight excluding hydrogens is 376 g/mol. The van der Waals surface area contributed by atoms with E-state index in [-0.39, 0.29) is 17.5 Å². The molecule has 154 valence electrons. The molecule has 1 aliphatic heterocycles. The summed E-state index contributed by atoms with van der Waals surface area (Å²) >= 11 is 0. The first-order valence-corrected chi connectivity index (χ1v) is 9.07. The second-order valence-electron chi connectivity index (χ2n) is 6.72. The topological polar surface area (TPSA) is 106 Å². The maximum Gasteiger partial charge on any atom is 0.335 e. The summed E-state index contributed by atoms with van der Waals surface area (Å²) in [6, 6.07) is 7.93. The lowest BCUT2D eigenvalue weighted by atomic mass is 10.0. The first-order valence-electron chi connectivity index (χ1n) is 9.07. The summed E-state index contributed by atoms with van der Waals surface area (Å²) in [6.07, 6.45) is -0.257. The third-order valence-electron chi connectivity index (χ3n) is 4.97. The summed E-state index contributed by atoms with van der Waals surface area (Å²) in [7, 11) is 4.51. The van der Waals surface area contributed by atoms with Crippen LogP contribution in [0.25, 0.3) is 0 Å². The minimum atomic E-state index is -0.961. The fourth-order valence-electron chi connectivity index (χ4n) is 3.47. The summed E-state index contributed by atoms with van der Waals surface area (Å²) in [5.74, 6) is 0.182. The van der Waals surface area contributed by atoms with Gasteiger partial charge in [-0.2, -0.15) is 0 Å². The van der Waals surface area contributed by atoms with Gasteiger partial charge in [-0.25, -0.2) is 4.79 Å². The summed E-state index contributed by atoms with van der Waals surface area (Å²) < 4.78 is 16.0. The Balaban J connectivity index is 1.81. The molecule has 0 aromatic heterocycles. The predicted molar refractivity (Wildman–Crippen MR) is 106 cm³/mol. The average molecular weight is 400 g/mol. The largest absolute Gasteiger partial charge is 0.493 e. The first-order chi connectivity index (χ1) is 13.9. The Morgan fingerprint density at radius 1 is 1.03 bits per heavy atom. The van der Waals surface area contributed by atoms with E-state index in [1.54, 1.807) is 37.3 Å². The zero-order chi connectivity index (χ0) is 21.1. The van der Waals surface area contributed by atoms with E-state index in [0.29, 0.717) is 34.9 Å². The van der Waals surface area contributed by atoms with Gasteiger partial charge < -0.3 is 19.3 Å². The van der Waals surface area contributed by atoms with Gasteiger partial charge in [-0.05, 0) is 36.2 Å². The van der Waals surface area contributed by atoms with Crippen molar-refractivity contribution in [3.05, 3.63) is 52.6 Å². The number of methoxy groups -OCH3 is 3. The molecule has 0 bridgehead atoms. The molecule has 0 amide bonds. The lowest BCUT2D eigenvalue weighted by Gasteiger charge is -2.16. The third-order valence-corrected chi connectivity index (χ3v) is 4.97. The highest BCUT2D eigenvalue weighted by Gasteiger charge is 2.31. The molecule has 0 aliphatic carbocycles. The van der Waals surface area contributed by atoms with Gasteiger partial charge in [-0.15, -0.1) is 0 Å². The summed E-state index contributed by atoms with van der Waals surface area (Å²) in [6.45, 7) is 2.18. The molecule has 8 heteroatoms.